The second-order valence-corrected chi connectivity index (χ2v) is 7.60. The Labute approximate surface area is 186 Å². The second-order valence-electron chi connectivity index (χ2n) is 7.60. The molecule has 4 rings (SSSR count). The lowest BCUT2D eigenvalue weighted by Gasteiger charge is -2.19. The van der Waals surface area contributed by atoms with Gasteiger partial charge in [0.2, 0.25) is 5.91 Å². The number of halogens is 1. The molecule has 0 spiro atoms. The lowest BCUT2D eigenvalue weighted by atomic mass is 10.2. The van der Waals surface area contributed by atoms with Crippen molar-refractivity contribution in [3.05, 3.63) is 91.0 Å². The largest absolute Gasteiger partial charge is 0.489 e. The number of amides is 1. The molecule has 164 valence electrons. The van der Waals surface area contributed by atoms with Gasteiger partial charge in [0, 0.05) is 31.0 Å². The third-order valence-corrected chi connectivity index (χ3v) is 5.31. The van der Waals surface area contributed by atoms with E-state index >= 15 is 0 Å². The monoisotopic (exact) mass is 432 g/mol. The third kappa shape index (κ3) is 5.43. The van der Waals surface area contributed by atoms with E-state index in [-0.39, 0.29) is 17.8 Å². The van der Waals surface area contributed by atoms with Crippen LogP contribution in [0.3, 0.4) is 0 Å². The highest BCUT2D eigenvalue weighted by atomic mass is 19.1. The summed E-state index contributed by atoms with van der Waals surface area (Å²) in [6, 6.07) is 16.0. The first-order valence-corrected chi connectivity index (χ1v) is 10.5. The van der Waals surface area contributed by atoms with Gasteiger partial charge in [0.25, 0.3) is 0 Å². The first kappa shape index (κ1) is 21.4. The molecular weight excluding hydrogens is 407 g/mol. The molecule has 0 saturated carbocycles. The number of hydrogen-bond donors (Lipinski definition) is 2. The van der Waals surface area contributed by atoms with Gasteiger partial charge in [-0.15, -0.1) is 0 Å². The zero-order valence-electron chi connectivity index (χ0n) is 17.6. The molecule has 1 unspecified atom stereocenters. The van der Waals surface area contributed by atoms with Crippen molar-refractivity contribution in [2.45, 2.75) is 19.1 Å². The van der Waals surface area contributed by atoms with Crippen LogP contribution in [0.5, 0.6) is 5.75 Å². The fraction of sp³-hybridized carbons (Fsp3) is 0.200. The van der Waals surface area contributed by atoms with Crippen molar-refractivity contribution in [3.63, 3.8) is 0 Å². The summed E-state index contributed by atoms with van der Waals surface area (Å²) in [7, 11) is 0. The number of ether oxygens (including phenoxy) is 1. The Hall–Kier alpha value is -3.87. The van der Waals surface area contributed by atoms with E-state index in [4.69, 9.17) is 4.74 Å². The zero-order chi connectivity index (χ0) is 22.3. The zero-order valence-corrected chi connectivity index (χ0v) is 17.6. The summed E-state index contributed by atoms with van der Waals surface area (Å²) < 4.78 is 18.8. The van der Waals surface area contributed by atoms with Crippen LogP contribution in [-0.4, -0.2) is 34.9 Å². The van der Waals surface area contributed by atoms with Crippen molar-refractivity contribution in [2.75, 3.05) is 23.7 Å². The molecule has 1 atom stereocenters. The average molecular weight is 432 g/mol. The number of pyridine rings is 1. The lowest BCUT2D eigenvalue weighted by molar-refractivity contribution is -0.125. The molecule has 1 saturated heterocycles. The molecule has 3 aromatic rings. The maximum Gasteiger partial charge on any atom is 0.246 e. The fourth-order valence-electron chi connectivity index (χ4n) is 3.58. The number of rotatable bonds is 8. The SMILES string of the molecule is C=CC(=O)N1CCC(Nc2ccncc2Nc2ccc(OCc3ccc(F)cc3)cc2)C1. The molecule has 1 aliphatic rings. The Balaban J connectivity index is 1.35. The van der Waals surface area contributed by atoms with Crippen molar-refractivity contribution in [2.24, 2.45) is 0 Å². The Morgan fingerprint density at radius 3 is 2.69 bits per heavy atom. The maximum absolute atomic E-state index is 13.0. The minimum absolute atomic E-state index is 0.0379. The molecule has 0 radical (unpaired) electrons. The standard InChI is InChI=1S/C25H25FN4O2/c1-2-25(31)30-14-12-21(16-30)29-23-11-13-27-15-24(23)28-20-7-9-22(10-8-20)32-17-18-3-5-19(26)6-4-18/h2-11,13,15,21,28H,1,12,14,16-17H2,(H,27,29). The van der Waals surface area contributed by atoms with Gasteiger partial charge in [0.1, 0.15) is 18.2 Å². The van der Waals surface area contributed by atoms with E-state index in [0.717, 1.165) is 41.3 Å². The number of benzene rings is 2. The fourth-order valence-corrected chi connectivity index (χ4v) is 3.58. The molecule has 1 aliphatic heterocycles. The van der Waals surface area contributed by atoms with Crippen LogP contribution in [0.4, 0.5) is 21.5 Å². The van der Waals surface area contributed by atoms with E-state index < -0.39 is 0 Å². The molecule has 7 heteroatoms. The molecule has 0 bridgehead atoms. The van der Waals surface area contributed by atoms with E-state index in [1.165, 1.54) is 18.2 Å². The number of nitrogens with one attached hydrogen (secondary N) is 2. The van der Waals surface area contributed by atoms with E-state index in [1.54, 1.807) is 29.4 Å². The summed E-state index contributed by atoms with van der Waals surface area (Å²) in [5.41, 5.74) is 3.57. The van der Waals surface area contributed by atoms with Gasteiger partial charge in [-0.2, -0.15) is 0 Å². The summed E-state index contributed by atoms with van der Waals surface area (Å²) in [4.78, 5) is 17.8. The first-order chi connectivity index (χ1) is 15.6. The molecule has 1 aromatic heterocycles. The van der Waals surface area contributed by atoms with Crippen molar-refractivity contribution < 1.29 is 13.9 Å². The van der Waals surface area contributed by atoms with Gasteiger partial charge in [-0.05, 0) is 60.5 Å². The quantitative estimate of drug-likeness (QED) is 0.503. The summed E-state index contributed by atoms with van der Waals surface area (Å²) in [5, 5.41) is 6.89. The van der Waals surface area contributed by atoms with Crippen molar-refractivity contribution in [3.8, 4) is 5.75 Å². The first-order valence-electron chi connectivity index (χ1n) is 10.5. The molecule has 32 heavy (non-hydrogen) atoms. The molecule has 6 nitrogen and oxygen atoms in total. The van der Waals surface area contributed by atoms with Gasteiger partial charge >= 0.3 is 0 Å². The van der Waals surface area contributed by atoms with Crippen molar-refractivity contribution in [1.29, 1.82) is 0 Å². The Morgan fingerprint density at radius 2 is 1.94 bits per heavy atom. The summed E-state index contributed by atoms with van der Waals surface area (Å²) >= 11 is 0. The molecule has 1 amide bonds. The van der Waals surface area contributed by atoms with E-state index in [0.29, 0.717) is 13.2 Å². The molecular formula is C25H25FN4O2. The van der Waals surface area contributed by atoms with E-state index in [1.807, 2.05) is 30.3 Å². The number of nitrogens with zero attached hydrogens (tertiary/aromatic N) is 2. The van der Waals surface area contributed by atoms with Gasteiger partial charge in [-0.3, -0.25) is 9.78 Å². The van der Waals surface area contributed by atoms with Crippen LogP contribution in [0.1, 0.15) is 12.0 Å². The molecule has 1 fully saturated rings. The van der Waals surface area contributed by atoms with Crippen LogP contribution in [-0.2, 0) is 11.4 Å². The normalized spacial score (nSPS) is 15.3. The van der Waals surface area contributed by atoms with Crippen LogP contribution < -0.4 is 15.4 Å². The third-order valence-electron chi connectivity index (χ3n) is 5.31. The molecule has 2 heterocycles. The lowest BCUT2D eigenvalue weighted by Crippen LogP contribution is -2.30. The Bertz CT molecular complexity index is 1070. The summed E-state index contributed by atoms with van der Waals surface area (Å²) in [6.45, 7) is 5.29. The minimum Gasteiger partial charge on any atom is -0.489 e. The molecule has 0 aliphatic carbocycles. The topological polar surface area (TPSA) is 66.5 Å². The number of carbonyl (C=O) groups excluding carboxylic acids is 1. The highest BCUT2D eigenvalue weighted by Gasteiger charge is 2.25. The van der Waals surface area contributed by atoms with Crippen LogP contribution >= 0.6 is 0 Å². The average Bonchev–Trinajstić information content (AvgIpc) is 3.29. The van der Waals surface area contributed by atoms with Gasteiger partial charge in [0.15, 0.2) is 0 Å². The number of aromatic nitrogens is 1. The van der Waals surface area contributed by atoms with E-state index in [2.05, 4.69) is 22.2 Å². The van der Waals surface area contributed by atoms with E-state index in [9.17, 15) is 9.18 Å². The predicted octanol–water partition coefficient (Wildman–Crippen LogP) is 4.74. The number of carbonyl (C=O) groups is 1. The molecule has 2 aromatic carbocycles. The van der Waals surface area contributed by atoms with Gasteiger partial charge in [0.05, 0.1) is 17.6 Å². The van der Waals surface area contributed by atoms with Gasteiger partial charge in [-0.1, -0.05) is 18.7 Å². The van der Waals surface area contributed by atoms with Crippen LogP contribution in [0, 0.1) is 5.82 Å². The smallest absolute Gasteiger partial charge is 0.246 e. The highest BCUT2D eigenvalue weighted by Crippen LogP contribution is 2.27. The van der Waals surface area contributed by atoms with Gasteiger partial charge in [-0.25, -0.2) is 4.39 Å². The van der Waals surface area contributed by atoms with Crippen LogP contribution in [0.25, 0.3) is 0 Å². The van der Waals surface area contributed by atoms with Gasteiger partial charge < -0.3 is 20.3 Å². The van der Waals surface area contributed by atoms with Crippen molar-refractivity contribution >= 4 is 23.0 Å². The predicted molar refractivity (Wildman–Crippen MR) is 123 cm³/mol. The summed E-state index contributed by atoms with van der Waals surface area (Å²) in [5.74, 6) is 0.426. The Morgan fingerprint density at radius 1 is 1.16 bits per heavy atom. The van der Waals surface area contributed by atoms with Crippen LogP contribution in [0.15, 0.2) is 79.6 Å². The number of hydrogen-bond acceptors (Lipinski definition) is 5. The van der Waals surface area contributed by atoms with Crippen molar-refractivity contribution in [1.82, 2.24) is 9.88 Å². The second kappa shape index (κ2) is 9.96. The highest BCUT2D eigenvalue weighted by molar-refractivity contribution is 5.87. The summed E-state index contributed by atoms with van der Waals surface area (Å²) in [6.07, 6.45) is 5.74. The maximum atomic E-state index is 13.0. The number of likely N-dealkylation sites (tertiary alicyclic amines) is 1. The number of anilines is 3. The minimum atomic E-state index is -0.260. The molecule has 2 N–H and O–H groups in total. The van der Waals surface area contributed by atoms with Crippen LogP contribution in [0.2, 0.25) is 0 Å². The Kier molecular flexibility index (Phi) is 6.65.